The Bertz CT molecular complexity index is 666. The fourth-order valence-electron chi connectivity index (χ4n) is 4.01. The molecule has 1 aromatic rings. The fraction of sp³-hybridized carbons (Fsp3) is 0.556. The van der Waals surface area contributed by atoms with Crippen LogP contribution in [0.4, 0.5) is 10.5 Å². The van der Waals surface area contributed by atoms with Crippen molar-refractivity contribution in [3.63, 3.8) is 0 Å². The van der Waals surface area contributed by atoms with Crippen molar-refractivity contribution in [1.82, 2.24) is 5.06 Å². The van der Waals surface area contributed by atoms with Gasteiger partial charge in [0.1, 0.15) is 6.17 Å². The maximum absolute atomic E-state index is 12.5. The summed E-state index contributed by atoms with van der Waals surface area (Å²) in [4.78, 5) is 31.5. The van der Waals surface area contributed by atoms with E-state index < -0.39 is 0 Å². The molecule has 2 fully saturated rings. The van der Waals surface area contributed by atoms with Crippen LogP contribution in [0.2, 0.25) is 0 Å². The number of hydroxylamine groups is 2. The highest BCUT2D eigenvalue weighted by atomic mass is 16.7. The van der Waals surface area contributed by atoms with Crippen molar-refractivity contribution < 1.29 is 19.2 Å². The summed E-state index contributed by atoms with van der Waals surface area (Å²) in [6.45, 7) is 10.5. The summed E-state index contributed by atoms with van der Waals surface area (Å²) in [7, 11) is 0. The highest BCUT2D eigenvalue weighted by Crippen LogP contribution is 2.51. The first-order valence-corrected chi connectivity index (χ1v) is 8.25. The van der Waals surface area contributed by atoms with Crippen molar-refractivity contribution in [2.45, 2.75) is 52.7 Å². The van der Waals surface area contributed by atoms with Gasteiger partial charge in [-0.15, -0.1) is 5.06 Å². The smallest absolute Gasteiger partial charge is 0.435 e. The molecular formula is C18H24N2O4. The van der Waals surface area contributed by atoms with E-state index >= 15 is 0 Å². The van der Waals surface area contributed by atoms with Crippen LogP contribution in [-0.4, -0.2) is 35.4 Å². The number of amides is 1. The Kier molecular flexibility index (Phi) is 3.83. The number of benzene rings is 1. The van der Waals surface area contributed by atoms with E-state index in [0.29, 0.717) is 17.9 Å². The molecule has 24 heavy (non-hydrogen) atoms. The summed E-state index contributed by atoms with van der Waals surface area (Å²) in [5, 5.41) is 1.80. The molecule has 0 aliphatic carbocycles. The Balaban J connectivity index is 1.92. The molecule has 0 spiro atoms. The molecule has 0 N–H and O–H groups in total. The van der Waals surface area contributed by atoms with Crippen LogP contribution in [0.25, 0.3) is 0 Å². The van der Waals surface area contributed by atoms with Gasteiger partial charge in [0.25, 0.3) is 0 Å². The molecule has 2 saturated heterocycles. The van der Waals surface area contributed by atoms with Crippen LogP contribution in [0, 0.1) is 5.41 Å². The van der Waals surface area contributed by atoms with Crippen LogP contribution in [0.15, 0.2) is 24.3 Å². The highest BCUT2D eigenvalue weighted by molar-refractivity contribution is 5.93. The van der Waals surface area contributed by atoms with Gasteiger partial charge < -0.3 is 9.57 Å². The van der Waals surface area contributed by atoms with E-state index in [4.69, 9.17) is 9.57 Å². The minimum absolute atomic E-state index is 0.116. The summed E-state index contributed by atoms with van der Waals surface area (Å²) in [5.74, 6) is -0.364. The number of hydrogen-bond donors (Lipinski definition) is 0. The van der Waals surface area contributed by atoms with Gasteiger partial charge in [0.15, 0.2) is 0 Å². The molecule has 1 atom stereocenters. The number of nitrogens with zero attached hydrogens (tertiary/aromatic N) is 2. The van der Waals surface area contributed by atoms with Gasteiger partial charge in [0, 0.05) is 11.1 Å². The lowest BCUT2D eigenvalue weighted by atomic mass is 9.83. The molecule has 2 aliphatic rings. The number of anilines is 1. The average Bonchev–Trinajstić information content (AvgIpc) is 2.93. The Hall–Kier alpha value is -2.08. The molecule has 6 heteroatoms. The molecular weight excluding hydrogens is 308 g/mol. The topological polar surface area (TPSA) is 59.1 Å². The normalized spacial score (nSPS) is 24.6. The predicted octanol–water partition coefficient (Wildman–Crippen LogP) is 3.57. The minimum atomic E-state index is -0.385. The van der Waals surface area contributed by atoms with Crippen LogP contribution in [-0.2, 0) is 9.57 Å². The molecule has 6 nitrogen and oxygen atoms in total. The molecule has 1 aromatic carbocycles. The first kappa shape index (κ1) is 16.8. The van der Waals surface area contributed by atoms with Crippen molar-refractivity contribution in [1.29, 1.82) is 0 Å². The van der Waals surface area contributed by atoms with E-state index in [0.717, 1.165) is 6.42 Å². The van der Waals surface area contributed by atoms with E-state index in [1.54, 1.807) is 41.2 Å². The quantitative estimate of drug-likeness (QED) is 0.792. The lowest BCUT2D eigenvalue weighted by Crippen LogP contribution is -2.46. The van der Waals surface area contributed by atoms with Gasteiger partial charge in [0.2, 0.25) is 0 Å². The SMILES string of the molecule is CCOC(=O)c1ccc(N2C(=O)ON3[C@@H]2C(C)(C)CC3(C)C)cc1. The third-order valence-electron chi connectivity index (χ3n) is 4.68. The Morgan fingerprint density at radius 3 is 2.46 bits per heavy atom. The lowest BCUT2D eigenvalue weighted by molar-refractivity contribution is -0.134. The van der Waals surface area contributed by atoms with E-state index in [1.807, 2.05) is 0 Å². The molecule has 0 unspecified atom stereocenters. The minimum Gasteiger partial charge on any atom is -0.462 e. The van der Waals surface area contributed by atoms with E-state index in [2.05, 4.69) is 27.7 Å². The van der Waals surface area contributed by atoms with Crippen LogP contribution in [0.3, 0.4) is 0 Å². The molecule has 3 rings (SSSR count). The Labute approximate surface area is 142 Å². The molecule has 130 valence electrons. The van der Waals surface area contributed by atoms with Gasteiger partial charge in [-0.1, -0.05) is 13.8 Å². The summed E-state index contributed by atoms with van der Waals surface area (Å²) in [6.07, 6.45) is 0.355. The van der Waals surface area contributed by atoms with Crippen LogP contribution >= 0.6 is 0 Å². The lowest BCUT2D eigenvalue weighted by Gasteiger charge is -2.31. The first-order chi connectivity index (χ1) is 11.2. The summed E-state index contributed by atoms with van der Waals surface area (Å²) < 4.78 is 4.99. The standard InChI is InChI=1S/C18H24N2O4/c1-6-23-14(21)12-7-9-13(10-8-12)19-15-17(2,3)11-18(4,5)20(15)24-16(19)22/h7-10,15H,6,11H2,1-5H3/t15-/m1/s1. The van der Waals surface area contributed by atoms with Crippen LogP contribution in [0.1, 0.15) is 51.4 Å². The van der Waals surface area contributed by atoms with Gasteiger partial charge in [-0.3, -0.25) is 4.90 Å². The van der Waals surface area contributed by atoms with Gasteiger partial charge in [-0.05, 0) is 51.5 Å². The second kappa shape index (κ2) is 5.48. The van der Waals surface area contributed by atoms with Crippen LogP contribution < -0.4 is 4.90 Å². The Morgan fingerprint density at radius 1 is 1.25 bits per heavy atom. The van der Waals surface area contributed by atoms with Gasteiger partial charge >= 0.3 is 12.1 Å². The van der Waals surface area contributed by atoms with E-state index in [9.17, 15) is 9.59 Å². The number of hydrogen-bond acceptors (Lipinski definition) is 5. The maximum atomic E-state index is 12.5. The number of ether oxygens (including phenoxy) is 1. The zero-order valence-corrected chi connectivity index (χ0v) is 14.8. The number of fused-ring (bicyclic) bond motifs is 1. The van der Waals surface area contributed by atoms with Crippen molar-refractivity contribution >= 4 is 17.7 Å². The monoisotopic (exact) mass is 332 g/mol. The second-order valence-corrected chi connectivity index (χ2v) is 7.67. The predicted molar refractivity (Wildman–Crippen MR) is 89.5 cm³/mol. The molecule has 0 bridgehead atoms. The third-order valence-corrected chi connectivity index (χ3v) is 4.68. The molecule has 0 aromatic heterocycles. The average molecular weight is 332 g/mol. The molecule has 2 aliphatic heterocycles. The van der Waals surface area contributed by atoms with Gasteiger partial charge in [-0.2, -0.15) is 0 Å². The van der Waals surface area contributed by atoms with Crippen LogP contribution in [0.5, 0.6) is 0 Å². The van der Waals surface area contributed by atoms with Crippen molar-refractivity contribution in [2.75, 3.05) is 11.5 Å². The Morgan fingerprint density at radius 2 is 1.88 bits per heavy atom. The van der Waals surface area contributed by atoms with Crippen molar-refractivity contribution in [3.8, 4) is 0 Å². The zero-order chi connectivity index (χ0) is 17.7. The molecule has 0 radical (unpaired) electrons. The summed E-state index contributed by atoms with van der Waals surface area (Å²) in [6, 6.07) is 6.88. The summed E-state index contributed by atoms with van der Waals surface area (Å²) in [5.41, 5.74) is 0.848. The second-order valence-electron chi connectivity index (χ2n) is 7.67. The van der Waals surface area contributed by atoms with Crippen molar-refractivity contribution in [3.05, 3.63) is 29.8 Å². The van der Waals surface area contributed by atoms with Crippen molar-refractivity contribution in [2.24, 2.45) is 5.41 Å². The van der Waals surface area contributed by atoms with E-state index in [1.165, 1.54) is 0 Å². The number of esters is 1. The molecule has 1 amide bonds. The largest absolute Gasteiger partial charge is 0.462 e. The van der Waals surface area contributed by atoms with E-state index in [-0.39, 0.29) is 29.2 Å². The number of carbonyl (C=O) groups is 2. The number of carbonyl (C=O) groups excluding carboxylic acids is 2. The maximum Gasteiger partial charge on any atom is 0.435 e. The van der Waals surface area contributed by atoms with Gasteiger partial charge in [0.05, 0.1) is 17.7 Å². The third kappa shape index (κ3) is 2.55. The molecule has 2 heterocycles. The first-order valence-electron chi connectivity index (χ1n) is 8.25. The zero-order valence-electron chi connectivity index (χ0n) is 14.8. The number of rotatable bonds is 3. The molecule has 0 saturated carbocycles. The fourth-order valence-corrected chi connectivity index (χ4v) is 4.01. The highest BCUT2D eigenvalue weighted by Gasteiger charge is 2.61. The van der Waals surface area contributed by atoms with Gasteiger partial charge in [-0.25, -0.2) is 9.59 Å². The summed E-state index contributed by atoms with van der Waals surface area (Å²) >= 11 is 0.